The van der Waals surface area contributed by atoms with Gasteiger partial charge in [0.2, 0.25) is 5.88 Å². The average molecular weight is 250 g/mol. The fourth-order valence-electron chi connectivity index (χ4n) is 2.25. The molecule has 100 valence electrons. The van der Waals surface area contributed by atoms with Crippen LogP contribution in [0.1, 0.15) is 25.0 Å². The standard InChI is InChI=1S/C14H22N2O2/c1-17-14-6-2-5-13(16-14)11-18-9-7-12-4-3-8-15-10-12/h2,5-6,12,15H,3-4,7-11H2,1H3. The topological polar surface area (TPSA) is 43.4 Å². The first-order valence-corrected chi connectivity index (χ1v) is 6.67. The van der Waals surface area contributed by atoms with Gasteiger partial charge in [-0.3, -0.25) is 0 Å². The first-order chi connectivity index (χ1) is 8.88. The first-order valence-electron chi connectivity index (χ1n) is 6.67. The van der Waals surface area contributed by atoms with Crippen molar-refractivity contribution in [1.29, 1.82) is 0 Å². The molecule has 0 saturated carbocycles. The lowest BCUT2D eigenvalue weighted by molar-refractivity contribution is 0.101. The summed E-state index contributed by atoms with van der Waals surface area (Å²) in [7, 11) is 1.63. The molecule has 1 aliphatic heterocycles. The molecule has 2 rings (SSSR count). The summed E-state index contributed by atoms with van der Waals surface area (Å²) in [6.45, 7) is 3.69. The number of nitrogens with one attached hydrogen (secondary N) is 1. The molecule has 1 aromatic rings. The lowest BCUT2D eigenvalue weighted by Crippen LogP contribution is -2.30. The van der Waals surface area contributed by atoms with Crippen LogP contribution < -0.4 is 10.1 Å². The quantitative estimate of drug-likeness (QED) is 0.784. The van der Waals surface area contributed by atoms with Crippen LogP contribution in [0.25, 0.3) is 0 Å². The highest BCUT2D eigenvalue weighted by Crippen LogP contribution is 2.14. The SMILES string of the molecule is COc1cccc(COCCC2CCCNC2)n1. The van der Waals surface area contributed by atoms with E-state index < -0.39 is 0 Å². The minimum Gasteiger partial charge on any atom is -0.481 e. The van der Waals surface area contributed by atoms with Crippen molar-refractivity contribution in [3.63, 3.8) is 0 Å². The summed E-state index contributed by atoms with van der Waals surface area (Å²) in [5, 5.41) is 3.42. The van der Waals surface area contributed by atoms with Crippen molar-refractivity contribution in [1.82, 2.24) is 10.3 Å². The van der Waals surface area contributed by atoms with Crippen LogP contribution in [-0.4, -0.2) is 31.8 Å². The Kier molecular flexibility index (Phi) is 5.42. The van der Waals surface area contributed by atoms with E-state index in [1.54, 1.807) is 7.11 Å². The van der Waals surface area contributed by atoms with Gasteiger partial charge in [0.05, 0.1) is 19.4 Å². The number of hydrogen-bond donors (Lipinski definition) is 1. The molecule has 1 atom stereocenters. The molecule has 0 spiro atoms. The molecule has 1 aliphatic rings. The highest BCUT2D eigenvalue weighted by Gasteiger charge is 2.12. The van der Waals surface area contributed by atoms with Crippen LogP contribution in [0, 0.1) is 5.92 Å². The van der Waals surface area contributed by atoms with E-state index >= 15 is 0 Å². The van der Waals surface area contributed by atoms with Crippen molar-refractivity contribution in [2.75, 3.05) is 26.8 Å². The molecule has 0 aromatic carbocycles. The Labute approximate surface area is 109 Å². The van der Waals surface area contributed by atoms with Gasteiger partial charge in [0.1, 0.15) is 0 Å². The van der Waals surface area contributed by atoms with Gasteiger partial charge in [-0.25, -0.2) is 4.98 Å². The maximum absolute atomic E-state index is 5.68. The van der Waals surface area contributed by atoms with Crippen LogP contribution in [0.5, 0.6) is 5.88 Å². The third-order valence-electron chi connectivity index (χ3n) is 3.31. The number of nitrogens with zero attached hydrogens (tertiary/aromatic N) is 1. The number of methoxy groups -OCH3 is 1. The number of rotatable bonds is 6. The van der Waals surface area contributed by atoms with Gasteiger partial charge in [0.25, 0.3) is 0 Å². The van der Waals surface area contributed by atoms with Crippen molar-refractivity contribution >= 4 is 0 Å². The minimum absolute atomic E-state index is 0.567. The summed E-state index contributed by atoms with van der Waals surface area (Å²) < 4.78 is 10.8. The van der Waals surface area contributed by atoms with E-state index in [4.69, 9.17) is 9.47 Å². The van der Waals surface area contributed by atoms with Gasteiger partial charge in [-0.15, -0.1) is 0 Å². The Morgan fingerprint density at radius 3 is 3.17 bits per heavy atom. The van der Waals surface area contributed by atoms with Crippen LogP contribution in [0.15, 0.2) is 18.2 Å². The number of piperidine rings is 1. The zero-order valence-electron chi connectivity index (χ0n) is 11.0. The van der Waals surface area contributed by atoms with Gasteiger partial charge in [-0.1, -0.05) is 6.07 Å². The Hall–Kier alpha value is -1.13. The summed E-state index contributed by atoms with van der Waals surface area (Å²) in [6.07, 6.45) is 3.76. The third-order valence-corrected chi connectivity index (χ3v) is 3.31. The highest BCUT2D eigenvalue weighted by molar-refractivity contribution is 5.14. The van der Waals surface area contributed by atoms with Crippen LogP contribution in [0.3, 0.4) is 0 Å². The summed E-state index contributed by atoms with van der Waals surface area (Å²) in [5.41, 5.74) is 0.927. The van der Waals surface area contributed by atoms with Crippen molar-refractivity contribution in [2.45, 2.75) is 25.9 Å². The Morgan fingerprint density at radius 1 is 1.44 bits per heavy atom. The van der Waals surface area contributed by atoms with E-state index in [0.717, 1.165) is 31.2 Å². The largest absolute Gasteiger partial charge is 0.481 e. The van der Waals surface area contributed by atoms with Gasteiger partial charge in [0, 0.05) is 12.7 Å². The monoisotopic (exact) mass is 250 g/mol. The molecule has 0 bridgehead atoms. The Balaban J connectivity index is 1.65. The van der Waals surface area contributed by atoms with Crippen LogP contribution in [0.4, 0.5) is 0 Å². The van der Waals surface area contributed by atoms with Gasteiger partial charge >= 0.3 is 0 Å². The minimum atomic E-state index is 0.567. The molecule has 0 aliphatic carbocycles. The second-order valence-corrected chi connectivity index (χ2v) is 4.72. The fourth-order valence-corrected chi connectivity index (χ4v) is 2.25. The second kappa shape index (κ2) is 7.34. The van der Waals surface area contributed by atoms with Gasteiger partial charge < -0.3 is 14.8 Å². The fraction of sp³-hybridized carbons (Fsp3) is 0.643. The van der Waals surface area contributed by atoms with Crippen LogP contribution >= 0.6 is 0 Å². The van der Waals surface area contributed by atoms with Gasteiger partial charge in [-0.05, 0) is 44.3 Å². The molecule has 4 nitrogen and oxygen atoms in total. The zero-order valence-corrected chi connectivity index (χ0v) is 11.0. The normalized spacial score (nSPS) is 19.7. The predicted octanol–water partition coefficient (Wildman–Crippen LogP) is 2.00. The van der Waals surface area contributed by atoms with E-state index in [2.05, 4.69) is 10.3 Å². The predicted molar refractivity (Wildman–Crippen MR) is 70.7 cm³/mol. The van der Waals surface area contributed by atoms with Crippen LogP contribution in [0.2, 0.25) is 0 Å². The molecule has 1 fully saturated rings. The van der Waals surface area contributed by atoms with E-state index in [9.17, 15) is 0 Å². The smallest absolute Gasteiger partial charge is 0.213 e. The van der Waals surface area contributed by atoms with Crippen molar-refractivity contribution in [2.24, 2.45) is 5.92 Å². The van der Waals surface area contributed by atoms with E-state index in [0.29, 0.717) is 12.5 Å². The molecule has 0 radical (unpaired) electrons. The molecule has 4 heteroatoms. The molecule has 1 N–H and O–H groups in total. The molecule has 1 unspecified atom stereocenters. The van der Waals surface area contributed by atoms with Crippen molar-refractivity contribution in [3.05, 3.63) is 23.9 Å². The Morgan fingerprint density at radius 2 is 2.39 bits per heavy atom. The van der Waals surface area contributed by atoms with Gasteiger partial charge in [-0.2, -0.15) is 0 Å². The molecular formula is C14H22N2O2. The molecule has 18 heavy (non-hydrogen) atoms. The van der Waals surface area contributed by atoms with E-state index in [1.165, 1.54) is 19.4 Å². The Bertz CT molecular complexity index is 351. The summed E-state index contributed by atoms with van der Waals surface area (Å²) in [6, 6.07) is 5.75. The number of hydrogen-bond acceptors (Lipinski definition) is 4. The van der Waals surface area contributed by atoms with Gasteiger partial charge in [0.15, 0.2) is 0 Å². The molecule has 0 amide bonds. The third kappa shape index (κ3) is 4.27. The summed E-state index contributed by atoms with van der Waals surface area (Å²) >= 11 is 0. The maximum Gasteiger partial charge on any atom is 0.213 e. The number of aromatic nitrogens is 1. The van der Waals surface area contributed by atoms with Crippen molar-refractivity contribution in [3.8, 4) is 5.88 Å². The maximum atomic E-state index is 5.68. The first kappa shape index (κ1) is 13.3. The molecule has 1 aromatic heterocycles. The second-order valence-electron chi connectivity index (χ2n) is 4.72. The van der Waals surface area contributed by atoms with E-state index in [1.807, 2.05) is 18.2 Å². The summed E-state index contributed by atoms with van der Waals surface area (Å²) in [4.78, 5) is 4.32. The van der Waals surface area contributed by atoms with Crippen molar-refractivity contribution < 1.29 is 9.47 Å². The molecule has 2 heterocycles. The number of ether oxygens (including phenoxy) is 2. The van der Waals surface area contributed by atoms with E-state index in [-0.39, 0.29) is 0 Å². The molecule has 1 saturated heterocycles. The highest BCUT2D eigenvalue weighted by atomic mass is 16.5. The lowest BCUT2D eigenvalue weighted by Gasteiger charge is -2.22. The number of pyridine rings is 1. The van der Waals surface area contributed by atoms with Crippen LogP contribution in [-0.2, 0) is 11.3 Å². The lowest BCUT2D eigenvalue weighted by atomic mass is 9.97. The summed E-state index contributed by atoms with van der Waals surface area (Å²) in [5.74, 6) is 1.42. The zero-order chi connectivity index (χ0) is 12.6. The molecular weight excluding hydrogens is 228 g/mol. The average Bonchev–Trinajstić information content (AvgIpc) is 2.45.